The lowest BCUT2D eigenvalue weighted by molar-refractivity contribution is 0.628. The van der Waals surface area contributed by atoms with Crippen LogP contribution in [0, 0.1) is 19.7 Å². The molecule has 2 aromatic heterocycles. The summed E-state index contributed by atoms with van der Waals surface area (Å²) in [7, 11) is 0. The van der Waals surface area contributed by atoms with Gasteiger partial charge < -0.3 is 4.57 Å². The van der Waals surface area contributed by atoms with Gasteiger partial charge in [0.25, 0.3) is 0 Å². The molecule has 2 heterocycles. The normalized spacial score (nSPS) is 11.4. The molecule has 9 rings (SSSR count). The molecule has 0 saturated heterocycles. The maximum Gasteiger partial charge on any atom is 0.164 e. The van der Waals surface area contributed by atoms with Crippen LogP contribution in [0.25, 0.3) is 83.9 Å². The van der Waals surface area contributed by atoms with Crippen LogP contribution < -0.4 is 0 Å². The second-order valence-electron chi connectivity index (χ2n) is 13.2. The first kappa shape index (κ1) is 31.3. The maximum atomic E-state index is 14.9. The summed E-state index contributed by atoms with van der Waals surface area (Å²) in [6, 6.07) is 54.8. The van der Waals surface area contributed by atoms with Crippen molar-refractivity contribution in [1.82, 2.24) is 19.5 Å². The van der Waals surface area contributed by atoms with Crippen molar-refractivity contribution in [2.75, 3.05) is 0 Å². The van der Waals surface area contributed by atoms with Crippen molar-refractivity contribution in [2.45, 2.75) is 13.8 Å². The number of aromatic nitrogens is 4. The van der Waals surface area contributed by atoms with Gasteiger partial charge in [-0.05, 0) is 60.9 Å². The molecule has 0 saturated carbocycles. The summed E-state index contributed by atoms with van der Waals surface area (Å²) in [5, 5.41) is 2.27. The van der Waals surface area contributed by atoms with E-state index in [1.165, 1.54) is 22.8 Å². The molecule has 0 N–H and O–H groups in total. The SMILES string of the molecule is Cc1cc(C)cc(-c2ccc3c4ccccc4n(-c4cc(-c5nc(-c6ccccc6)nc(-c6ccccc6)n5)ccc4-c4cccc(F)c4)c3c2)c1. The third-order valence-corrected chi connectivity index (χ3v) is 9.56. The van der Waals surface area contributed by atoms with E-state index in [4.69, 9.17) is 15.0 Å². The first-order valence-corrected chi connectivity index (χ1v) is 17.4. The van der Waals surface area contributed by atoms with Gasteiger partial charge in [0, 0.05) is 33.0 Å². The van der Waals surface area contributed by atoms with Crippen molar-refractivity contribution < 1.29 is 4.39 Å². The zero-order valence-electron chi connectivity index (χ0n) is 28.8. The Kier molecular flexibility index (Phi) is 7.74. The molecule has 248 valence electrons. The lowest BCUT2D eigenvalue weighted by Gasteiger charge is -2.17. The molecule has 9 aromatic rings. The fourth-order valence-electron chi connectivity index (χ4n) is 7.24. The number of halogens is 1. The maximum absolute atomic E-state index is 14.9. The monoisotopic (exact) mass is 672 g/mol. The number of para-hydroxylation sites is 1. The highest BCUT2D eigenvalue weighted by atomic mass is 19.1. The second kappa shape index (κ2) is 12.9. The van der Waals surface area contributed by atoms with Gasteiger partial charge >= 0.3 is 0 Å². The Morgan fingerprint density at radius 2 is 0.981 bits per heavy atom. The summed E-state index contributed by atoms with van der Waals surface area (Å²) in [6.07, 6.45) is 0. The minimum absolute atomic E-state index is 0.288. The Balaban J connectivity index is 1.33. The Morgan fingerprint density at radius 3 is 1.65 bits per heavy atom. The standard InChI is InChI=1S/C47H33FN4/c1-30-24-31(2)26-37(25-30)34-20-23-41-40-18-9-10-19-42(40)52(44(41)28-34)43-29-36(21-22-39(43)35-16-11-17-38(48)27-35)47-50-45(32-12-5-3-6-13-32)49-46(51-47)33-14-7-4-8-15-33/h3-29H,1-2H3. The van der Waals surface area contributed by atoms with Crippen LogP contribution in [0.2, 0.25) is 0 Å². The first-order valence-electron chi connectivity index (χ1n) is 17.4. The van der Waals surface area contributed by atoms with Gasteiger partial charge in [0.05, 0.1) is 16.7 Å². The van der Waals surface area contributed by atoms with E-state index < -0.39 is 0 Å². The number of hydrogen-bond donors (Lipinski definition) is 0. The Hall–Kier alpha value is -6.72. The van der Waals surface area contributed by atoms with E-state index in [1.807, 2.05) is 72.8 Å². The van der Waals surface area contributed by atoms with E-state index in [2.05, 4.69) is 91.2 Å². The highest BCUT2D eigenvalue weighted by molar-refractivity contribution is 6.11. The molecular weight excluding hydrogens is 640 g/mol. The van der Waals surface area contributed by atoms with Crippen LogP contribution in [0.3, 0.4) is 0 Å². The largest absolute Gasteiger partial charge is 0.309 e. The third kappa shape index (κ3) is 5.72. The van der Waals surface area contributed by atoms with Crippen LogP contribution in [0.1, 0.15) is 11.1 Å². The fraction of sp³-hybridized carbons (Fsp3) is 0.0426. The van der Waals surface area contributed by atoms with E-state index >= 15 is 0 Å². The Morgan fingerprint density at radius 1 is 0.404 bits per heavy atom. The summed E-state index contributed by atoms with van der Waals surface area (Å²) in [5.74, 6) is 1.45. The summed E-state index contributed by atoms with van der Waals surface area (Å²) in [4.78, 5) is 15.0. The second-order valence-corrected chi connectivity index (χ2v) is 13.2. The minimum atomic E-state index is -0.288. The summed E-state index contributed by atoms with van der Waals surface area (Å²) < 4.78 is 17.2. The predicted octanol–water partition coefficient (Wildman–Crippen LogP) is 12.1. The van der Waals surface area contributed by atoms with E-state index in [9.17, 15) is 4.39 Å². The highest BCUT2D eigenvalue weighted by Crippen LogP contribution is 2.40. The molecule has 0 spiro atoms. The summed E-state index contributed by atoms with van der Waals surface area (Å²) >= 11 is 0. The zero-order valence-corrected chi connectivity index (χ0v) is 28.8. The lowest BCUT2D eigenvalue weighted by Crippen LogP contribution is -2.02. The number of benzene rings is 7. The highest BCUT2D eigenvalue weighted by Gasteiger charge is 2.20. The zero-order chi connectivity index (χ0) is 35.2. The predicted molar refractivity (Wildman–Crippen MR) is 211 cm³/mol. The molecular formula is C47H33FN4. The number of fused-ring (bicyclic) bond motifs is 3. The van der Waals surface area contributed by atoms with Crippen molar-refractivity contribution >= 4 is 21.8 Å². The van der Waals surface area contributed by atoms with Crippen LogP contribution >= 0.6 is 0 Å². The van der Waals surface area contributed by atoms with Crippen molar-refractivity contribution in [2.24, 2.45) is 0 Å². The minimum Gasteiger partial charge on any atom is -0.309 e. The van der Waals surface area contributed by atoms with E-state index in [0.717, 1.165) is 60.9 Å². The van der Waals surface area contributed by atoms with Crippen molar-refractivity contribution in [3.05, 3.63) is 181 Å². The van der Waals surface area contributed by atoms with Crippen molar-refractivity contribution in [3.63, 3.8) is 0 Å². The van der Waals surface area contributed by atoms with E-state index in [1.54, 1.807) is 12.1 Å². The van der Waals surface area contributed by atoms with Gasteiger partial charge in [-0.2, -0.15) is 0 Å². The summed E-state index contributed by atoms with van der Waals surface area (Å²) in [5.41, 5.74) is 12.0. The molecule has 0 aliphatic rings. The molecule has 52 heavy (non-hydrogen) atoms. The van der Waals surface area contributed by atoms with Crippen LogP contribution in [0.5, 0.6) is 0 Å². The molecule has 0 radical (unpaired) electrons. The Labute approximate surface area is 301 Å². The fourth-order valence-corrected chi connectivity index (χ4v) is 7.24. The van der Waals surface area contributed by atoms with E-state index in [-0.39, 0.29) is 5.82 Å². The number of rotatable bonds is 6. The number of hydrogen-bond acceptors (Lipinski definition) is 3. The average molecular weight is 673 g/mol. The quantitative estimate of drug-likeness (QED) is 0.177. The Bertz CT molecular complexity index is 2690. The van der Waals surface area contributed by atoms with Gasteiger partial charge in [-0.25, -0.2) is 19.3 Å². The van der Waals surface area contributed by atoms with Crippen molar-refractivity contribution in [3.8, 4) is 62.1 Å². The third-order valence-electron chi connectivity index (χ3n) is 9.56. The smallest absolute Gasteiger partial charge is 0.164 e. The van der Waals surface area contributed by atoms with Gasteiger partial charge in [-0.1, -0.05) is 145 Å². The van der Waals surface area contributed by atoms with Gasteiger partial charge in [-0.3, -0.25) is 0 Å². The molecule has 4 nitrogen and oxygen atoms in total. The molecule has 5 heteroatoms. The average Bonchev–Trinajstić information content (AvgIpc) is 3.51. The molecule has 0 amide bonds. The van der Waals surface area contributed by atoms with Crippen LogP contribution in [0.4, 0.5) is 4.39 Å². The van der Waals surface area contributed by atoms with Gasteiger partial charge in [0.2, 0.25) is 0 Å². The molecule has 0 bridgehead atoms. The van der Waals surface area contributed by atoms with Gasteiger partial charge in [-0.15, -0.1) is 0 Å². The van der Waals surface area contributed by atoms with Gasteiger partial charge in [0.1, 0.15) is 5.82 Å². The van der Waals surface area contributed by atoms with Gasteiger partial charge in [0.15, 0.2) is 17.5 Å². The molecule has 0 aliphatic carbocycles. The van der Waals surface area contributed by atoms with Crippen LogP contribution in [0.15, 0.2) is 164 Å². The lowest BCUT2D eigenvalue weighted by atomic mass is 9.99. The van der Waals surface area contributed by atoms with Crippen LogP contribution in [-0.2, 0) is 0 Å². The van der Waals surface area contributed by atoms with E-state index in [0.29, 0.717) is 17.5 Å². The number of nitrogens with zero attached hydrogens (tertiary/aromatic N) is 4. The topological polar surface area (TPSA) is 43.6 Å². The molecule has 0 aliphatic heterocycles. The molecule has 7 aromatic carbocycles. The van der Waals surface area contributed by atoms with Crippen molar-refractivity contribution in [1.29, 1.82) is 0 Å². The number of aryl methyl sites for hydroxylation is 2. The summed E-state index contributed by atoms with van der Waals surface area (Å²) in [6.45, 7) is 4.27. The molecule has 0 fully saturated rings. The van der Waals surface area contributed by atoms with Crippen LogP contribution in [-0.4, -0.2) is 19.5 Å². The molecule has 0 unspecified atom stereocenters. The first-order chi connectivity index (χ1) is 25.5. The molecule has 0 atom stereocenters.